The van der Waals surface area contributed by atoms with E-state index in [1.807, 2.05) is 49.5 Å². The van der Waals surface area contributed by atoms with E-state index in [0.29, 0.717) is 6.42 Å². The van der Waals surface area contributed by atoms with Gasteiger partial charge in [0.05, 0.1) is 20.3 Å². The lowest BCUT2D eigenvalue weighted by Crippen LogP contribution is -2.34. The predicted molar refractivity (Wildman–Crippen MR) is 92.2 cm³/mol. The Morgan fingerprint density at radius 2 is 1.78 bits per heavy atom. The summed E-state index contributed by atoms with van der Waals surface area (Å²) in [6.07, 6.45) is 0.686. The van der Waals surface area contributed by atoms with E-state index in [0.717, 1.165) is 28.2 Å². The Morgan fingerprint density at radius 3 is 2.30 bits per heavy atom. The van der Waals surface area contributed by atoms with E-state index in [2.05, 4.69) is 5.32 Å². The quantitative estimate of drug-likeness (QED) is 0.853. The molecule has 0 aliphatic rings. The van der Waals surface area contributed by atoms with Gasteiger partial charge in [-0.15, -0.1) is 0 Å². The number of methoxy groups -OCH3 is 2. The van der Waals surface area contributed by atoms with Crippen LogP contribution in [-0.4, -0.2) is 33.1 Å². The Morgan fingerprint density at radius 1 is 1.09 bits per heavy atom. The first-order chi connectivity index (χ1) is 11.1. The van der Waals surface area contributed by atoms with Crippen LogP contribution in [0.1, 0.15) is 12.5 Å². The highest BCUT2D eigenvalue weighted by molar-refractivity contribution is 5.81. The molecule has 0 aliphatic carbocycles. The molecule has 4 nitrogen and oxygen atoms in total. The fourth-order valence-electron chi connectivity index (χ4n) is 2.54. The van der Waals surface area contributed by atoms with Crippen LogP contribution in [0, 0.1) is 0 Å². The Balaban J connectivity index is 2.24. The van der Waals surface area contributed by atoms with Gasteiger partial charge in [0.15, 0.2) is 0 Å². The topological polar surface area (TPSA) is 47.6 Å². The molecule has 0 radical (unpaired) electrons. The van der Waals surface area contributed by atoms with Crippen molar-refractivity contribution in [2.75, 3.05) is 21.3 Å². The number of benzene rings is 2. The number of hydrogen-bond acceptors (Lipinski definition) is 4. The molecule has 0 aromatic heterocycles. The van der Waals surface area contributed by atoms with Crippen LogP contribution < -0.4 is 14.8 Å². The zero-order valence-corrected chi connectivity index (χ0v) is 14.1. The molecule has 2 aromatic rings. The number of rotatable bonds is 7. The van der Waals surface area contributed by atoms with Crippen molar-refractivity contribution in [1.82, 2.24) is 5.32 Å². The first kappa shape index (κ1) is 17.0. The van der Waals surface area contributed by atoms with E-state index >= 15 is 0 Å². The fourth-order valence-corrected chi connectivity index (χ4v) is 2.54. The predicted octanol–water partition coefficient (Wildman–Crippen LogP) is 3.09. The molecule has 23 heavy (non-hydrogen) atoms. The van der Waals surface area contributed by atoms with Gasteiger partial charge in [-0.05, 0) is 43.7 Å². The third-order valence-electron chi connectivity index (χ3n) is 3.95. The van der Waals surface area contributed by atoms with E-state index in [1.54, 1.807) is 21.1 Å². The molecular formula is C19H23NO3. The van der Waals surface area contributed by atoms with Gasteiger partial charge in [0.25, 0.3) is 0 Å². The number of carbonyl (C=O) groups is 1. The van der Waals surface area contributed by atoms with E-state index in [-0.39, 0.29) is 11.8 Å². The summed E-state index contributed by atoms with van der Waals surface area (Å²) in [4.78, 5) is 11.5. The Kier molecular flexibility index (Phi) is 5.77. The van der Waals surface area contributed by atoms with E-state index in [9.17, 15) is 4.79 Å². The molecule has 0 saturated carbocycles. The minimum atomic E-state index is -0.142. The van der Waals surface area contributed by atoms with Gasteiger partial charge in [0, 0.05) is 11.6 Å². The van der Waals surface area contributed by atoms with Crippen LogP contribution in [0.4, 0.5) is 0 Å². The lowest BCUT2D eigenvalue weighted by atomic mass is 9.99. The Bertz CT molecular complexity index is 665. The molecule has 2 rings (SSSR count). The van der Waals surface area contributed by atoms with Crippen LogP contribution in [-0.2, 0) is 11.2 Å². The largest absolute Gasteiger partial charge is 0.497 e. The van der Waals surface area contributed by atoms with Crippen LogP contribution in [0.3, 0.4) is 0 Å². The second-order valence-corrected chi connectivity index (χ2v) is 5.42. The highest BCUT2D eigenvalue weighted by atomic mass is 16.5. The van der Waals surface area contributed by atoms with Gasteiger partial charge in [-0.2, -0.15) is 0 Å². The summed E-state index contributed by atoms with van der Waals surface area (Å²) < 4.78 is 10.7. The average molecular weight is 313 g/mol. The molecule has 1 N–H and O–H groups in total. The van der Waals surface area contributed by atoms with E-state index < -0.39 is 0 Å². The molecule has 0 bridgehead atoms. The van der Waals surface area contributed by atoms with Crippen molar-refractivity contribution < 1.29 is 14.3 Å². The Labute approximate surface area is 137 Å². The molecule has 0 saturated heterocycles. The number of likely N-dealkylation sites (N-methyl/N-ethyl adjacent to an activating group) is 1. The molecule has 1 atom stereocenters. The van der Waals surface area contributed by atoms with Gasteiger partial charge >= 0.3 is 0 Å². The summed E-state index contributed by atoms with van der Waals surface area (Å²) in [6.45, 7) is 1.61. The number of ketones is 1. The minimum Gasteiger partial charge on any atom is -0.497 e. The van der Waals surface area contributed by atoms with Crippen molar-refractivity contribution >= 4 is 5.78 Å². The molecule has 0 aliphatic heterocycles. The molecule has 4 heteroatoms. The minimum absolute atomic E-state index is 0.142. The van der Waals surface area contributed by atoms with Gasteiger partial charge in [-0.3, -0.25) is 4.79 Å². The van der Waals surface area contributed by atoms with Gasteiger partial charge in [0.1, 0.15) is 17.3 Å². The highest BCUT2D eigenvalue weighted by Gasteiger charge is 2.13. The van der Waals surface area contributed by atoms with Crippen molar-refractivity contribution in [2.24, 2.45) is 0 Å². The number of carbonyl (C=O) groups excluding carboxylic acids is 1. The van der Waals surface area contributed by atoms with Crippen LogP contribution in [0.25, 0.3) is 11.1 Å². The SMILES string of the molecule is CN[C@@H](Cc1ccc(-c2ccc(OC)cc2OC)cc1)C(C)=O. The van der Waals surface area contributed by atoms with E-state index in [1.165, 1.54) is 0 Å². The Hall–Kier alpha value is -2.33. The first-order valence-electron chi connectivity index (χ1n) is 7.58. The maximum absolute atomic E-state index is 11.5. The molecular weight excluding hydrogens is 290 g/mol. The fraction of sp³-hybridized carbons (Fsp3) is 0.316. The number of nitrogens with one attached hydrogen (secondary N) is 1. The van der Waals surface area contributed by atoms with Crippen molar-refractivity contribution in [2.45, 2.75) is 19.4 Å². The third kappa shape index (κ3) is 4.11. The summed E-state index contributed by atoms with van der Waals surface area (Å²) in [5.41, 5.74) is 3.20. The number of ether oxygens (including phenoxy) is 2. The van der Waals surface area contributed by atoms with E-state index in [4.69, 9.17) is 9.47 Å². The summed E-state index contributed by atoms with van der Waals surface area (Å²) >= 11 is 0. The van der Waals surface area contributed by atoms with Gasteiger partial charge in [0.2, 0.25) is 0 Å². The summed E-state index contributed by atoms with van der Waals surface area (Å²) in [5, 5.41) is 3.04. The third-order valence-corrected chi connectivity index (χ3v) is 3.95. The molecule has 2 aromatic carbocycles. The van der Waals surface area contributed by atoms with Crippen LogP contribution >= 0.6 is 0 Å². The van der Waals surface area contributed by atoms with Crippen molar-refractivity contribution in [1.29, 1.82) is 0 Å². The average Bonchev–Trinajstić information content (AvgIpc) is 2.59. The van der Waals surface area contributed by atoms with Crippen LogP contribution in [0.2, 0.25) is 0 Å². The lowest BCUT2D eigenvalue weighted by Gasteiger charge is -2.14. The van der Waals surface area contributed by atoms with Gasteiger partial charge in [-0.1, -0.05) is 24.3 Å². The lowest BCUT2D eigenvalue weighted by molar-refractivity contribution is -0.118. The first-order valence-corrected chi connectivity index (χ1v) is 7.58. The molecule has 0 spiro atoms. The zero-order chi connectivity index (χ0) is 16.8. The molecule has 0 fully saturated rings. The molecule has 0 amide bonds. The summed E-state index contributed by atoms with van der Waals surface area (Å²) in [7, 11) is 5.09. The smallest absolute Gasteiger partial charge is 0.147 e. The van der Waals surface area contributed by atoms with Gasteiger partial charge in [-0.25, -0.2) is 0 Å². The van der Waals surface area contributed by atoms with Crippen LogP contribution in [0.5, 0.6) is 11.5 Å². The molecule has 0 heterocycles. The highest BCUT2D eigenvalue weighted by Crippen LogP contribution is 2.33. The normalized spacial score (nSPS) is 11.8. The maximum Gasteiger partial charge on any atom is 0.147 e. The van der Waals surface area contributed by atoms with Crippen molar-refractivity contribution in [3.63, 3.8) is 0 Å². The zero-order valence-electron chi connectivity index (χ0n) is 14.1. The number of Topliss-reactive ketones (excluding diaryl/α,β-unsaturated/α-hetero) is 1. The second kappa shape index (κ2) is 7.79. The van der Waals surface area contributed by atoms with Gasteiger partial charge < -0.3 is 14.8 Å². The second-order valence-electron chi connectivity index (χ2n) is 5.42. The monoisotopic (exact) mass is 313 g/mol. The molecule has 0 unspecified atom stereocenters. The maximum atomic E-state index is 11.5. The number of hydrogen-bond donors (Lipinski definition) is 1. The summed E-state index contributed by atoms with van der Waals surface area (Å²) in [5.74, 6) is 1.68. The standard InChI is InChI=1S/C19H23NO3/c1-13(21)18(20-2)11-14-5-7-15(8-6-14)17-10-9-16(22-3)12-19(17)23-4/h5-10,12,18,20H,11H2,1-4H3/t18-/m0/s1. The summed E-state index contributed by atoms with van der Waals surface area (Å²) in [6, 6.07) is 13.8. The van der Waals surface area contributed by atoms with Crippen LogP contribution in [0.15, 0.2) is 42.5 Å². The van der Waals surface area contributed by atoms with Crippen molar-refractivity contribution in [3.8, 4) is 22.6 Å². The van der Waals surface area contributed by atoms with Crippen molar-refractivity contribution in [3.05, 3.63) is 48.0 Å². The molecule has 122 valence electrons.